The number of carbonyl (C=O) groups is 3. The van der Waals surface area contributed by atoms with Crippen LogP contribution in [0.1, 0.15) is 17.3 Å². The van der Waals surface area contributed by atoms with Gasteiger partial charge in [0.2, 0.25) is 5.78 Å². The standard InChI is InChI=1S/C19H17ClN2O4/c1-3-22(12-8-5-4-6-9-12)18(25)19(26)16(23)15-13(20)10-7-11-14(15)21(2)17(19)24/h4-11,26H,3H2,1-2H3. The monoisotopic (exact) mass is 372 g/mol. The van der Waals surface area contributed by atoms with Crippen molar-refractivity contribution in [3.05, 3.63) is 59.1 Å². The normalized spacial score (nSPS) is 19.3. The van der Waals surface area contributed by atoms with Gasteiger partial charge >= 0.3 is 0 Å². The Morgan fingerprint density at radius 1 is 1.15 bits per heavy atom. The molecule has 0 aromatic heterocycles. The van der Waals surface area contributed by atoms with Gasteiger partial charge < -0.3 is 14.9 Å². The predicted molar refractivity (Wildman–Crippen MR) is 98.6 cm³/mol. The molecule has 0 spiro atoms. The van der Waals surface area contributed by atoms with E-state index in [4.69, 9.17) is 11.6 Å². The van der Waals surface area contributed by atoms with Crippen LogP contribution in [-0.2, 0) is 9.59 Å². The number of halogens is 1. The van der Waals surface area contributed by atoms with Gasteiger partial charge in [-0.25, -0.2) is 0 Å². The van der Waals surface area contributed by atoms with Crippen molar-refractivity contribution < 1.29 is 19.5 Å². The molecule has 2 aromatic carbocycles. The second kappa shape index (κ2) is 6.55. The van der Waals surface area contributed by atoms with Crippen molar-refractivity contribution in [1.29, 1.82) is 0 Å². The zero-order chi connectivity index (χ0) is 19.1. The third kappa shape index (κ3) is 2.50. The van der Waals surface area contributed by atoms with E-state index >= 15 is 0 Å². The van der Waals surface area contributed by atoms with Gasteiger partial charge in [-0.3, -0.25) is 14.4 Å². The van der Waals surface area contributed by atoms with Gasteiger partial charge in [-0.15, -0.1) is 0 Å². The van der Waals surface area contributed by atoms with Gasteiger partial charge in [0.25, 0.3) is 17.4 Å². The number of likely N-dealkylation sites (N-methyl/N-ethyl adjacent to an activating group) is 2. The first-order valence-electron chi connectivity index (χ1n) is 8.04. The molecule has 2 aromatic rings. The van der Waals surface area contributed by atoms with Gasteiger partial charge in [-0.1, -0.05) is 35.9 Å². The molecule has 6 nitrogen and oxygen atoms in total. The van der Waals surface area contributed by atoms with E-state index in [-0.39, 0.29) is 22.8 Å². The second-order valence-corrected chi connectivity index (χ2v) is 6.33. The molecule has 26 heavy (non-hydrogen) atoms. The first-order valence-corrected chi connectivity index (χ1v) is 8.42. The number of anilines is 2. The Kier molecular flexibility index (Phi) is 4.56. The minimum Gasteiger partial charge on any atom is -0.366 e. The van der Waals surface area contributed by atoms with Crippen LogP contribution < -0.4 is 9.80 Å². The van der Waals surface area contributed by atoms with Gasteiger partial charge in [0.1, 0.15) is 0 Å². The summed E-state index contributed by atoms with van der Waals surface area (Å²) >= 11 is 6.12. The molecule has 0 saturated carbocycles. The molecule has 0 bridgehead atoms. The maximum atomic E-state index is 13.1. The van der Waals surface area contributed by atoms with Crippen molar-refractivity contribution >= 4 is 40.6 Å². The quantitative estimate of drug-likeness (QED) is 0.838. The molecule has 0 radical (unpaired) electrons. The molecule has 1 N–H and O–H groups in total. The number of nitrogens with zero attached hydrogens (tertiary/aromatic N) is 2. The molecular weight excluding hydrogens is 356 g/mol. The molecule has 1 atom stereocenters. The van der Waals surface area contributed by atoms with Crippen molar-refractivity contribution in [2.24, 2.45) is 0 Å². The Labute approximate surface area is 155 Å². The molecular formula is C19H17ClN2O4. The number of ketones is 1. The summed E-state index contributed by atoms with van der Waals surface area (Å²) in [5.41, 5.74) is -2.18. The van der Waals surface area contributed by atoms with Crippen LogP contribution in [0.2, 0.25) is 5.02 Å². The number of fused-ring (bicyclic) bond motifs is 1. The fraction of sp³-hybridized carbons (Fsp3) is 0.211. The van der Waals surface area contributed by atoms with Crippen LogP contribution in [0, 0.1) is 0 Å². The Bertz CT molecular complexity index is 900. The molecule has 1 unspecified atom stereocenters. The number of rotatable bonds is 3. The highest BCUT2D eigenvalue weighted by atomic mass is 35.5. The predicted octanol–water partition coefficient (Wildman–Crippen LogP) is 2.28. The molecule has 7 heteroatoms. The molecule has 134 valence electrons. The van der Waals surface area contributed by atoms with E-state index in [0.717, 1.165) is 4.90 Å². The van der Waals surface area contributed by atoms with Crippen LogP contribution in [0.15, 0.2) is 48.5 Å². The van der Waals surface area contributed by atoms with Crippen LogP contribution in [0.5, 0.6) is 0 Å². The minimum absolute atomic E-state index is 0.0452. The molecule has 0 saturated heterocycles. The number of aliphatic hydroxyl groups is 1. The number of carbonyl (C=O) groups excluding carboxylic acids is 3. The van der Waals surface area contributed by atoms with Crippen LogP contribution in [0.3, 0.4) is 0 Å². The van der Waals surface area contributed by atoms with Gasteiger partial charge in [0.05, 0.1) is 16.3 Å². The highest BCUT2D eigenvalue weighted by Crippen LogP contribution is 2.37. The lowest BCUT2D eigenvalue weighted by molar-refractivity contribution is -0.145. The third-order valence-corrected chi connectivity index (χ3v) is 4.78. The van der Waals surface area contributed by atoms with E-state index in [0.29, 0.717) is 5.69 Å². The average Bonchev–Trinajstić information content (AvgIpc) is 2.65. The number of Topliss-reactive ketones (excluding diaryl/α,β-unsaturated/α-hetero) is 1. The summed E-state index contributed by atoms with van der Waals surface area (Å²) in [5, 5.41) is 11.1. The number of benzene rings is 2. The largest absolute Gasteiger partial charge is 0.366 e. The summed E-state index contributed by atoms with van der Waals surface area (Å²) in [6.45, 7) is 1.86. The second-order valence-electron chi connectivity index (χ2n) is 5.92. The molecule has 3 rings (SSSR count). The van der Waals surface area contributed by atoms with Crippen molar-refractivity contribution in [3.8, 4) is 0 Å². The Balaban J connectivity index is 2.14. The maximum absolute atomic E-state index is 13.1. The van der Waals surface area contributed by atoms with Crippen molar-refractivity contribution in [2.45, 2.75) is 12.5 Å². The number of hydrogen-bond acceptors (Lipinski definition) is 4. The van der Waals surface area contributed by atoms with E-state index in [2.05, 4.69) is 0 Å². The topological polar surface area (TPSA) is 77.9 Å². The van der Waals surface area contributed by atoms with E-state index in [1.165, 1.54) is 24.1 Å². The smallest absolute Gasteiger partial charge is 0.287 e. The van der Waals surface area contributed by atoms with E-state index < -0.39 is 23.2 Å². The Hall–Kier alpha value is -2.70. The highest BCUT2D eigenvalue weighted by molar-refractivity contribution is 6.44. The molecule has 1 heterocycles. The van der Waals surface area contributed by atoms with E-state index in [1.807, 2.05) is 0 Å². The van der Waals surface area contributed by atoms with Crippen LogP contribution in [-0.4, -0.2) is 41.9 Å². The maximum Gasteiger partial charge on any atom is 0.287 e. The fourth-order valence-electron chi connectivity index (χ4n) is 3.08. The molecule has 2 amide bonds. The van der Waals surface area contributed by atoms with E-state index in [9.17, 15) is 19.5 Å². The first-order chi connectivity index (χ1) is 12.3. The average molecular weight is 373 g/mol. The first kappa shape index (κ1) is 18.1. The highest BCUT2D eigenvalue weighted by Gasteiger charge is 2.58. The summed E-state index contributed by atoms with van der Waals surface area (Å²) in [4.78, 5) is 41.2. The van der Waals surface area contributed by atoms with Crippen molar-refractivity contribution in [2.75, 3.05) is 23.4 Å². The number of para-hydroxylation sites is 1. The van der Waals surface area contributed by atoms with Crippen LogP contribution in [0.4, 0.5) is 11.4 Å². The summed E-state index contributed by atoms with van der Waals surface area (Å²) in [7, 11) is 1.39. The Morgan fingerprint density at radius 3 is 2.42 bits per heavy atom. The molecule has 1 aliphatic rings. The zero-order valence-corrected chi connectivity index (χ0v) is 15.0. The molecule has 0 aliphatic carbocycles. The van der Waals surface area contributed by atoms with Gasteiger partial charge in [0, 0.05) is 19.3 Å². The fourth-order valence-corrected chi connectivity index (χ4v) is 3.34. The lowest BCUT2D eigenvalue weighted by atomic mass is 9.85. The SMILES string of the molecule is CCN(C(=O)C1(O)C(=O)c2c(Cl)cccc2N(C)C1=O)c1ccccc1. The van der Waals surface area contributed by atoms with Crippen molar-refractivity contribution in [1.82, 2.24) is 0 Å². The third-order valence-electron chi connectivity index (χ3n) is 4.46. The van der Waals surface area contributed by atoms with Gasteiger partial charge in [0.15, 0.2) is 0 Å². The summed E-state index contributed by atoms with van der Waals surface area (Å²) in [6.07, 6.45) is 0. The van der Waals surface area contributed by atoms with Crippen LogP contribution >= 0.6 is 11.6 Å². The number of hydrogen-bond donors (Lipinski definition) is 1. The molecule has 0 fully saturated rings. The summed E-state index contributed by atoms with van der Waals surface area (Å²) in [6, 6.07) is 13.1. The number of amides is 2. The zero-order valence-electron chi connectivity index (χ0n) is 14.3. The lowest BCUT2D eigenvalue weighted by Crippen LogP contribution is -2.65. The van der Waals surface area contributed by atoms with Crippen LogP contribution in [0.25, 0.3) is 0 Å². The minimum atomic E-state index is -2.86. The summed E-state index contributed by atoms with van der Waals surface area (Å²) in [5.74, 6) is -3.02. The Morgan fingerprint density at radius 2 is 1.81 bits per heavy atom. The van der Waals surface area contributed by atoms with Crippen molar-refractivity contribution in [3.63, 3.8) is 0 Å². The van der Waals surface area contributed by atoms with E-state index in [1.54, 1.807) is 43.3 Å². The summed E-state index contributed by atoms with van der Waals surface area (Å²) < 4.78 is 0. The lowest BCUT2D eigenvalue weighted by Gasteiger charge is -2.38. The van der Waals surface area contributed by atoms with Gasteiger partial charge in [-0.2, -0.15) is 0 Å². The van der Waals surface area contributed by atoms with Gasteiger partial charge in [-0.05, 0) is 31.2 Å². The molecule has 1 aliphatic heterocycles.